The van der Waals surface area contributed by atoms with E-state index in [2.05, 4.69) is 20.9 Å². The number of benzene rings is 1. The topological polar surface area (TPSA) is 12.9 Å². The second-order valence-corrected chi connectivity index (χ2v) is 4.24. The minimum Gasteiger partial charge on any atom is -0.241 e. The number of nitrogens with zero attached hydrogens (tertiary/aromatic N) is 1. The highest BCUT2D eigenvalue weighted by atomic mass is 79.9. The van der Waals surface area contributed by atoms with E-state index in [0.29, 0.717) is 10.0 Å². The second kappa shape index (κ2) is 3.45. The van der Waals surface area contributed by atoms with Crippen molar-refractivity contribution in [2.75, 3.05) is 0 Å². The normalized spacial score (nSPS) is 10.7. The highest BCUT2D eigenvalue weighted by Gasteiger charge is 2.02. The first-order valence-corrected chi connectivity index (χ1v) is 5.13. The maximum atomic E-state index is 5.97. The molecule has 0 aliphatic carbocycles. The Hall–Kier alpha value is -0.310. The van der Waals surface area contributed by atoms with Crippen LogP contribution in [0, 0.1) is 0 Å². The number of aromatic nitrogens is 1. The average Bonchev–Trinajstić information content (AvgIpc) is 2.02. The van der Waals surface area contributed by atoms with Crippen molar-refractivity contribution in [2.45, 2.75) is 0 Å². The van der Waals surface area contributed by atoms with Gasteiger partial charge in [0.25, 0.3) is 0 Å². The molecule has 4 heteroatoms. The lowest BCUT2D eigenvalue weighted by Crippen LogP contribution is -1.80. The lowest BCUT2D eigenvalue weighted by atomic mass is 10.2. The first kappa shape index (κ1) is 9.25. The van der Waals surface area contributed by atoms with E-state index < -0.39 is 0 Å². The molecule has 0 spiro atoms. The molecule has 0 N–H and O–H groups in total. The van der Waals surface area contributed by atoms with Gasteiger partial charge < -0.3 is 0 Å². The van der Waals surface area contributed by atoms with Crippen LogP contribution < -0.4 is 0 Å². The monoisotopic (exact) mass is 275 g/mol. The van der Waals surface area contributed by atoms with Gasteiger partial charge in [-0.2, -0.15) is 0 Å². The van der Waals surface area contributed by atoms with Crippen molar-refractivity contribution in [3.05, 3.63) is 38.9 Å². The molecule has 0 bridgehead atoms. The van der Waals surface area contributed by atoms with Crippen molar-refractivity contribution in [1.29, 1.82) is 0 Å². The van der Waals surface area contributed by atoms with Crippen LogP contribution in [0.2, 0.25) is 10.0 Å². The summed E-state index contributed by atoms with van der Waals surface area (Å²) in [6.45, 7) is 0. The average molecular weight is 277 g/mol. The largest absolute Gasteiger partial charge is 0.241 e. The number of pyridine rings is 1. The lowest BCUT2D eigenvalue weighted by Gasteiger charge is -2.00. The molecule has 0 saturated carbocycles. The molecular formula is C9H4BrCl2N. The predicted molar refractivity (Wildman–Crippen MR) is 59.5 cm³/mol. The summed E-state index contributed by atoms with van der Waals surface area (Å²) in [5.41, 5.74) is 0.798. The van der Waals surface area contributed by atoms with Gasteiger partial charge in [-0.15, -0.1) is 0 Å². The van der Waals surface area contributed by atoms with Gasteiger partial charge in [-0.1, -0.05) is 23.2 Å². The Morgan fingerprint density at radius 3 is 2.69 bits per heavy atom. The summed E-state index contributed by atoms with van der Waals surface area (Å²) in [5.74, 6) is 0. The Kier molecular flexibility index (Phi) is 2.45. The van der Waals surface area contributed by atoms with Crippen LogP contribution in [0.15, 0.2) is 28.9 Å². The molecule has 0 atom stereocenters. The zero-order valence-corrected chi connectivity index (χ0v) is 9.49. The van der Waals surface area contributed by atoms with Crippen LogP contribution in [0.4, 0.5) is 0 Å². The van der Waals surface area contributed by atoms with Crippen LogP contribution in [0.3, 0.4) is 0 Å². The van der Waals surface area contributed by atoms with Crippen LogP contribution in [-0.4, -0.2) is 4.98 Å². The SMILES string of the molecule is Clc1cc(Cl)c2ccc(Br)nc2c1. The standard InChI is InChI=1S/C9H4BrCl2N/c10-9-2-1-6-7(12)3-5(11)4-8(6)13-9/h1-4H. The van der Waals surface area contributed by atoms with Crippen LogP contribution in [-0.2, 0) is 0 Å². The van der Waals surface area contributed by atoms with Gasteiger partial charge in [-0.3, -0.25) is 0 Å². The van der Waals surface area contributed by atoms with E-state index in [-0.39, 0.29) is 0 Å². The highest BCUT2D eigenvalue weighted by Crippen LogP contribution is 2.27. The Balaban J connectivity index is 2.86. The van der Waals surface area contributed by atoms with Gasteiger partial charge in [0, 0.05) is 10.4 Å². The number of halogens is 3. The molecule has 0 radical (unpaired) electrons. The zero-order valence-electron chi connectivity index (χ0n) is 6.39. The fraction of sp³-hybridized carbons (Fsp3) is 0. The van der Waals surface area contributed by atoms with Gasteiger partial charge >= 0.3 is 0 Å². The molecule has 1 aromatic heterocycles. The van der Waals surface area contributed by atoms with Crippen molar-refractivity contribution in [1.82, 2.24) is 4.98 Å². The van der Waals surface area contributed by atoms with E-state index in [1.807, 2.05) is 12.1 Å². The van der Waals surface area contributed by atoms with Crippen LogP contribution in [0.25, 0.3) is 10.9 Å². The van der Waals surface area contributed by atoms with Crippen LogP contribution in [0.5, 0.6) is 0 Å². The summed E-state index contributed by atoms with van der Waals surface area (Å²) in [5, 5.41) is 2.14. The smallest absolute Gasteiger partial charge is 0.106 e. The molecule has 0 aliphatic heterocycles. The Morgan fingerprint density at radius 1 is 1.15 bits per heavy atom. The van der Waals surface area contributed by atoms with E-state index in [1.54, 1.807) is 12.1 Å². The molecule has 0 amide bonds. The van der Waals surface area contributed by atoms with Crippen LogP contribution in [0.1, 0.15) is 0 Å². The molecule has 13 heavy (non-hydrogen) atoms. The molecule has 0 fully saturated rings. The van der Waals surface area contributed by atoms with Crippen LogP contribution >= 0.6 is 39.1 Å². The van der Waals surface area contributed by atoms with E-state index in [1.165, 1.54) is 0 Å². The number of hydrogen-bond acceptors (Lipinski definition) is 1. The van der Waals surface area contributed by atoms with E-state index in [0.717, 1.165) is 15.5 Å². The van der Waals surface area contributed by atoms with Gasteiger partial charge in [-0.25, -0.2) is 4.98 Å². The molecule has 1 aromatic carbocycles. The van der Waals surface area contributed by atoms with Gasteiger partial charge in [0.05, 0.1) is 10.5 Å². The van der Waals surface area contributed by atoms with Gasteiger partial charge in [-0.05, 0) is 40.2 Å². The third-order valence-corrected chi connectivity index (χ3v) is 2.66. The van der Waals surface area contributed by atoms with Gasteiger partial charge in [0.2, 0.25) is 0 Å². The second-order valence-electron chi connectivity index (χ2n) is 2.59. The maximum absolute atomic E-state index is 5.97. The van der Waals surface area contributed by atoms with Gasteiger partial charge in [0.15, 0.2) is 0 Å². The number of fused-ring (bicyclic) bond motifs is 1. The third kappa shape index (κ3) is 1.80. The van der Waals surface area contributed by atoms with Crippen molar-refractivity contribution >= 4 is 50.0 Å². The van der Waals surface area contributed by atoms with E-state index in [9.17, 15) is 0 Å². The summed E-state index contributed by atoms with van der Waals surface area (Å²) in [6, 6.07) is 7.25. The first-order chi connectivity index (χ1) is 6.16. The minimum atomic E-state index is 0.600. The Labute approximate surface area is 93.8 Å². The maximum Gasteiger partial charge on any atom is 0.106 e. The summed E-state index contributed by atoms with van der Waals surface area (Å²) in [7, 11) is 0. The summed E-state index contributed by atoms with van der Waals surface area (Å²) < 4.78 is 0.776. The molecule has 2 rings (SSSR count). The van der Waals surface area contributed by atoms with Crippen molar-refractivity contribution in [3.8, 4) is 0 Å². The molecule has 1 heterocycles. The van der Waals surface area contributed by atoms with Gasteiger partial charge in [0.1, 0.15) is 4.60 Å². The molecule has 0 unspecified atom stereocenters. The zero-order chi connectivity index (χ0) is 9.42. The molecular weight excluding hydrogens is 273 g/mol. The number of hydrogen-bond donors (Lipinski definition) is 0. The molecule has 0 saturated heterocycles. The Morgan fingerprint density at radius 2 is 1.92 bits per heavy atom. The number of rotatable bonds is 0. The predicted octanol–water partition coefficient (Wildman–Crippen LogP) is 4.30. The Bertz CT molecular complexity index is 465. The van der Waals surface area contributed by atoms with E-state index >= 15 is 0 Å². The molecule has 1 nitrogen and oxygen atoms in total. The summed E-state index contributed by atoms with van der Waals surface area (Å²) >= 11 is 15.1. The summed E-state index contributed by atoms with van der Waals surface area (Å²) in [4.78, 5) is 4.25. The van der Waals surface area contributed by atoms with E-state index in [4.69, 9.17) is 23.2 Å². The quantitative estimate of drug-likeness (QED) is 0.654. The fourth-order valence-corrected chi connectivity index (χ4v) is 2.00. The molecule has 0 aliphatic rings. The minimum absolute atomic E-state index is 0.600. The van der Waals surface area contributed by atoms with Crippen molar-refractivity contribution < 1.29 is 0 Å². The molecule has 66 valence electrons. The first-order valence-electron chi connectivity index (χ1n) is 3.58. The van der Waals surface area contributed by atoms with Crippen molar-refractivity contribution in [2.24, 2.45) is 0 Å². The summed E-state index contributed by atoms with van der Waals surface area (Å²) in [6.07, 6.45) is 0. The highest BCUT2D eigenvalue weighted by molar-refractivity contribution is 9.10. The van der Waals surface area contributed by atoms with Crippen molar-refractivity contribution in [3.63, 3.8) is 0 Å². The molecule has 2 aromatic rings. The third-order valence-electron chi connectivity index (χ3n) is 1.69. The fourth-order valence-electron chi connectivity index (χ4n) is 1.13. The lowest BCUT2D eigenvalue weighted by molar-refractivity contribution is 1.35.